The van der Waals surface area contributed by atoms with Crippen molar-refractivity contribution >= 4 is 22.8 Å². The quantitative estimate of drug-likeness (QED) is 0.902. The molecule has 1 fully saturated rings. The highest BCUT2D eigenvalue weighted by atomic mass is 32.2. The number of nitrogens with zero attached hydrogens (tertiary/aromatic N) is 1. The predicted octanol–water partition coefficient (Wildman–Crippen LogP) is 2.81. The van der Waals surface area contributed by atoms with Gasteiger partial charge in [-0.3, -0.25) is 0 Å². The molecular weight excluding hydrogens is 258 g/mol. The van der Waals surface area contributed by atoms with Gasteiger partial charge in [-0.2, -0.15) is 0 Å². The molecule has 0 spiro atoms. The van der Waals surface area contributed by atoms with Crippen LogP contribution in [-0.2, 0) is 0 Å². The Morgan fingerprint density at radius 2 is 2.21 bits per heavy atom. The Hall–Kier alpha value is -1.20. The van der Waals surface area contributed by atoms with Crippen molar-refractivity contribution < 1.29 is 4.74 Å². The molecule has 4 nitrogen and oxygen atoms in total. The molecule has 2 heterocycles. The number of ether oxygens (including phenoxy) is 1. The minimum Gasteiger partial charge on any atom is -0.494 e. The van der Waals surface area contributed by atoms with Crippen LogP contribution in [-0.4, -0.2) is 34.9 Å². The van der Waals surface area contributed by atoms with Crippen LogP contribution in [0.25, 0.3) is 11.0 Å². The smallest absolute Gasteiger partial charge is 0.166 e. The molecule has 1 aromatic carbocycles. The van der Waals surface area contributed by atoms with Gasteiger partial charge in [-0.25, -0.2) is 4.98 Å². The summed E-state index contributed by atoms with van der Waals surface area (Å²) in [6.07, 6.45) is 2.43. The fraction of sp³-hybridized carbons (Fsp3) is 0.500. The third-order valence-electron chi connectivity index (χ3n) is 3.31. The number of rotatable bonds is 4. The fourth-order valence-electron chi connectivity index (χ4n) is 2.35. The molecule has 19 heavy (non-hydrogen) atoms. The second-order valence-electron chi connectivity index (χ2n) is 4.72. The van der Waals surface area contributed by atoms with Crippen LogP contribution in [0.2, 0.25) is 0 Å². The van der Waals surface area contributed by atoms with Gasteiger partial charge in [0.2, 0.25) is 0 Å². The lowest BCUT2D eigenvalue weighted by Crippen LogP contribution is -2.29. The summed E-state index contributed by atoms with van der Waals surface area (Å²) in [5.41, 5.74) is 2.07. The van der Waals surface area contributed by atoms with Crippen molar-refractivity contribution in [2.45, 2.75) is 30.2 Å². The predicted molar refractivity (Wildman–Crippen MR) is 79.0 cm³/mol. The third-order valence-corrected chi connectivity index (χ3v) is 4.53. The van der Waals surface area contributed by atoms with Crippen molar-refractivity contribution in [2.24, 2.45) is 0 Å². The van der Waals surface area contributed by atoms with E-state index >= 15 is 0 Å². The van der Waals surface area contributed by atoms with Crippen molar-refractivity contribution in [1.29, 1.82) is 0 Å². The Morgan fingerprint density at radius 1 is 1.37 bits per heavy atom. The molecule has 1 aromatic heterocycles. The van der Waals surface area contributed by atoms with E-state index in [1.807, 2.05) is 36.9 Å². The van der Waals surface area contributed by atoms with Gasteiger partial charge in [-0.1, -0.05) is 11.8 Å². The Balaban J connectivity index is 1.76. The monoisotopic (exact) mass is 277 g/mol. The Labute approximate surface area is 117 Å². The third kappa shape index (κ3) is 3.04. The summed E-state index contributed by atoms with van der Waals surface area (Å²) < 4.78 is 5.51. The van der Waals surface area contributed by atoms with Gasteiger partial charge in [0.05, 0.1) is 17.6 Å². The number of aromatic amines is 1. The summed E-state index contributed by atoms with van der Waals surface area (Å²) in [6, 6.07) is 6.02. The van der Waals surface area contributed by atoms with Crippen molar-refractivity contribution in [3.8, 4) is 5.75 Å². The van der Waals surface area contributed by atoms with Gasteiger partial charge in [0.15, 0.2) is 5.16 Å². The van der Waals surface area contributed by atoms with Crippen LogP contribution in [0.3, 0.4) is 0 Å². The maximum absolute atomic E-state index is 5.51. The standard InChI is InChI=1S/C14H19N3OS/c1-2-18-10-3-4-12-13(9-10)17-14(16-12)19-11-5-7-15-8-6-11/h3-4,9,11,15H,2,5-8H2,1H3,(H,16,17). The van der Waals surface area contributed by atoms with E-state index in [2.05, 4.69) is 15.3 Å². The number of fused-ring (bicyclic) bond motifs is 1. The molecule has 2 N–H and O–H groups in total. The molecule has 0 saturated carbocycles. The van der Waals surface area contributed by atoms with Gasteiger partial charge in [0, 0.05) is 11.3 Å². The van der Waals surface area contributed by atoms with Crippen LogP contribution in [0.5, 0.6) is 5.75 Å². The second kappa shape index (κ2) is 5.84. The molecule has 5 heteroatoms. The SMILES string of the molecule is CCOc1ccc2nc(SC3CCNCC3)[nH]c2c1. The molecule has 1 aliphatic rings. The largest absolute Gasteiger partial charge is 0.494 e. The van der Waals surface area contributed by atoms with E-state index in [4.69, 9.17) is 4.74 Å². The number of benzene rings is 1. The molecule has 0 aliphatic carbocycles. The van der Waals surface area contributed by atoms with Crippen LogP contribution >= 0.6 is 11.8 Å². The summed E-state index contributed by atoms with van der Waals surface area (Å²) in [5.74, 6) is 0.900. The summed E-state index contributed by atoms with van der Waals surface area (Å²) in [6.45, 7) is 4.92. The number of H-pyrrole nitrogens is 1. The van der Waals surface area contributed by atoms with Crippen LogP contribution in [0.4, 0.5) is 0 Å². The summed E-state index contributed by atoms with van der Waals surface area (Å²) in [4.78, 5) is 8.03. The average Bonchev–Trinajstić information content (AvgIpc) is 2.82. The van der Waals surface area contributed by atoms with E-state index in [1.54, 1.807) is 0 Å². The topological polar surface area (TPSA) is 49.9 Å². The van der Waals surface area contributed by atoms with E-state index in [9.17, 15) is 0 Å². The zero-order valence-corrected chi connectivity index (χ0v) is 11.9. The maximum atomic E-state index is 5.51. The minimum atomic E-state index is 0.674. The highest BCUT2D eigenvalue weighted by molar-refractivity contribution is 7.99. The molecule has 0 unspecified atom stereocenters. The lowest BCUT2D eigenvalue weighted by molar-refractivity contribution is 0.340. The maximum Gasteiger partial charge on any atom is 0.166 e. The van der Waals surface area contributed by atoms with Crippen LogP contribution in [0.1, 0.15) is 19.8 Å². The van der Waals surface area contributed by atoms with Gasteiger partial charge in [0.25, 0.3) is 0 Å². The number of imidazole rings is 1. The zero-order valence-electron chi connectivity index (χ0n) is 11.1. The summed E-state index contributed by atoms with van der Waals surface area (Å²) >= 11 is 1.86. The highest BCUT2D eigenvalue weighted by Crippen LogP contribution is 2.29. The molecule has 0 atom stereocenters. The van der Waals surface area contributed by atoms with Crippen LogP contribution in [0, 0.1) is 0 Å². The molecule has 0 radical (unpaired) electrons. The zero-order chi connectivity index (χ0) is 13.1. The van der Waals surface area contributed by atoms with Gasteiger partial charge in [-0.05, 0) is 45.0 Å². The van der Waals surface area contributed by atoms with Crippen molar-refractivity contribution in [1.82, 2.24) is 15.3 Å². The molecule has 1 aliphatic heterocycles. The number of aromatic nitrogens is 2. The number of hydrogen-bond acceptors (Lipinski definition) is 4. The van der Waals surface area contributed by atoms with E-state index in [0.29, 0.717) is 11.9 Å². The van der Waals surface area contributed by atoms with E-state index < -0.39 is 0 Å². The molecular formula is C14H19N3OS. The Bertz CT molecular complexity index is 549. The second-order valence-corrected chi connectivity index (χ2v) is 6.01. The number of piperidine rings is 1. The minimum absolute atomic E-state index is 0.674. The highest BCUT2D eigenvalue weighted by Gasteiger charge is 2.16. The first-order chi connectivity index (χ1) is 9.35. The van der Waals surface area contributed by atoms with Gasteiger partial charge >= 0.3 is 0 Å². The molecule has 2 aromatic rings. The molecule has 0 amide bonds. The molecule has 1 saturated heterocycles. The number of thioether (sulfide) groups is 1. The Morgan fingerprint density at radius 3 is 3.00 bits per heavy atom. The van der Waals surface area contributed by atoms with E-state index in [-0.39, 0.29) is 0 Å². The first-order valence-corrected chi connectivity index (χ1v) is 7.73. The normalized spacial score (nSPS) is 16.9. The number of hydrogen-bond donors (Lipinski definition) is 2. The fourth-order valence-corrected chi connectivity index (χ4v) is 3.46. The van der Waals surface area contributed by atoms with Crippen LogP contribution < -0.4 is 10.1 Å². The number of nitrogens with one attached hydrogen (secondary N) is 2. The average molecular weight is 277 g/mol. The van der Waals surface area contributed by atoms with Gasteiger partial charge in [-0.15, -0.1) is 0 Å². The summed E-state index contributed by atoms with van der Waals surface area (Å²) in [5, 5.41) is 5.09. The lowest BCUT2D eigenvalue weighted by Gasteiger charge is -2.20. The van der Waals surface area contributed by atoms with Gasteiger partial charge in [0.1, 0.15) is 5.75 Å². The van der Waals surface area contributed by atoms with Crippen molar-refractivity contribution in [3.05, 3.63) is 18.2 Å². The molecule has 102 valence electrons. The van der Waals surface area contributed by atoms with Crippen molar-refractivity contribution in [3.63, 3.8) is 0 Å². The molecule has 0 bridgehead atoms. The van der Waals surface area contributed by atoms with Crippen molar-refractivity contribution in [2.75, 3.05) is 19.7 Å². The molecule has 3 rings (SSSR count). The summed E-state index contributed by atoms with van der Waals surface area (Å²) in [7, 11) is 0. The van der Waals surface area contributed by atoms with E-state index in [0.717, 1.165) is 35.0 Å². The lowest BCUT2D eigenvalue weighted by atomic mass is 10.2. The first kappa shape index (κ1) is 12.8. The van der Waals surface area contributed by atoms with Gasteiger partial charge < -0.3 is 15.0 Å². The van der Waals surface area contributed by atoms with Crippen LogP contribution in [0.15, 0.2) is 23.4 Å². The van der Waals surface area contributed by atoms with E-state index in [1.165, 1.54) is 12.8 Å². The Kier molecular flexibility index (Phi) is 3.94. The first-order valence-electron chi connectivity index (χ1n) is 6.85.